The second-order valence-corrected chi connectivity index (χ2v) is 7.85. The SMILES string of the molecule is CSCCC(N)C(=O)N1CCN(CCC(C)(C)C)CC1.Cl. The van der Waals surface area contributed by atoms with Crippen molar-refractivity contribution in [1.82, 2.24) is 9.80 Å². The molecular formula is C15H32ClN3OS. The zero-order valence-corrected chi connectivity index (χ0v) is 15.6. The first-order chi connectivity index (χ1) is 9.33. The van der Waals surface area contributed by atoms with E-state index in [2.05, 4.69) is 25.7 Å². The molecule has 2 N–H and O–H groups in total. The van der Waals surface area contributed by atoms with Gasteiger partial charge in [0, 0.05) is 26.2 Å². The van der Waals surface area contributed by atoms with E-state index in [0.717, 1.165) is 44.9 Å². The molecular weight excluding hydrogens is 306 g/mol. The van der Waals surface area contributed by atoms with Gasteiger partial charge < -0.3 is 10.6 Å². The quantitative estimate of drug-likeness (QED) is 0.806. The minimum Gasteiger partial charge on any atom is -0.339 e. The number of nitrogens with two attached hydrogens (primary N) is 1. The van der Waals surface area contributed by atoms with E-state index in [4.69, 9.17) is 5.73 Å². The van der Waals surface area contributed by atoms with Crippen molar-refractivity contribution >= 4 is 30.1 Å². The van der Waals surface area contributed by atoms with Gasteiger partial charge >= 0.3 is 0 Å². The Kier molecular flexibility index (Phi) is 9.94. The van der Waals surface area contributed by atoms with Crippen LogP contribution in [0.5, 0.6) is 0 Å². The fourth-order valence-electron chi connectivity index (χ4n) is 2.29. The Morgan fingerprint density at radius 3 is 2.29 bits per heavy atom. The number of hydrogen-bond acceptors (Lipinski definition) is 4. The predicted molar refractivity (Wildman–Crippen MR) is 95.3 cm³/mol. The maximum atomic E-state index is 12.2. The molecule has 1 aliphatic rings. The molecule has 21 heavy (non-hydrogen) atoms. The highest BCUT2D eigenvalue weighted by atomic mass is 35.5. The maximum absolute atomic E-state index is 12.2. The third-order valence-corrected chi connectivity index (χ3v) is 4.46. The number of carbonyl (C=O) groups is 1. The number of hydrogen-bond donors (Lipinski definition) is 1. The lowest BCUT2D eigenvalue weighted by Gasteiger charge is -2.37. The number of carbonyl (C=O) groups excluding carboxylic acids is 1. The van der Waals surface area contributed by atoms with Crippen LogP contribution in [0, 0.1) is 5.41 Å². The monoisotopic (exact) mass is 337 g/mol. The molecule has 0 aromatic carbocycles. The van der Waals surface area contributed by atoms with Crippen LogP contribution in [0.2, 0.25) is 0 Å². The average molecular weight is 338 g/mol. The van der Waals surface area contributed by atoms with E-state index < -0.39 is 0 Å². The van der Waals surface area contributed by atoms with Crippen molar-refractivity contribution < 1.29 is 4.79 Å². The van der Waals surface area contributed by atoms with Crippen LogP contribution in [-0.2, 0) is 4.79 Å². The van der Waals surface area contributed by atoms with E-state index in [1.165, 1.54) is 6.42 Å². The summed E-state index contributed by atoms with van der Waals surface area (Å²) >= 11 is 1.74. The Morgan fingerprint density at radius 1 is 1.24 bits per heavy atom. The van der Waals surface area contributed by atoms with Crippen molar-refractivity contribution in [3.05, 3.63) is 0 Å². The van der Waals surface area contributed by atoms with Gasteiger partial charge in [0.1, 0.15) is 0 Å². The van der Waals surface area contributed by atoms with E-state index in [-0.39, 0.29) is 24.4 Å². The van der Waals surface area contributed by atoms with Gasteiger partial charge in [-0.2, -0.15) is 11.8 Å². The first-order valence-electron chi connectivity index (χ1n) is 7.59. The first kappa shape index (κ1) is 21.0. The van der Waals surface area contributed by atoms with E-state index in [9.17, 15) is 4.79 Å². The molecule has 0 radical (unpaired) electrons. The van der Waals surface area contributed by atoms with Crippen LogP contribution in [0.15, 0.2) is 0 Å². The Morgan fingerprint density at radius 2 is 1.81 bits per heavy atom. The highest BCUT2D eigenvalue weighted by Gasteiger charge is 2.25. The minimum atomic E-state index is -0.316. The van der Waals surface area contributed by atoms with Crippen LogP contribution in [0.4, 0.5) is 0 Å². The zero-order chi connectivity index (χ0) is 15.2. The number of rotatable bonds is 6. The number of piperazine rings is 1. The molecule has 4 nitrogen and oxygen atoms in total. The van der Waals surface area contributed by atoms with Gasteiger partial charge in [-0.15, -0.1) is 12.4 Å². The molecule has 0 spiro atoms. The van der Waals surface area contributed by atoms with Gasteiger partial charge in [0.15, 0.2) is 0 Å². The second kappa shape index (κ2) is 9.93. The Labute approximate surface area is 140 Å². The molecule has 0 saturated carbocycles. The Hall–Kier alpha value is 0.0300. The lowest BCUT2D eigenvalue weighted by molar-refractivity contribution is -0.134. The molecule has 0 aliphatic carbocycles. The zero-order valence-electron chi connectivity index (χ0n) is 13.9. The molecule has 1 unspecified atom stereocenters. The molecule has 1 heterocycles. The lowest BCUT2D eigenvalue weighted by Crippen LogP contribution is -2.53. The number of amides is 1. The number of thioether (sulfide) groups is 1. The third kappa shape index (κ3) is 8.29. The summed E-state index contributed by atoms with van der Waals surface area (Å²) in [6, 6.07) is -0.316. The summed E-state index contributed by atoms with van der Waals surface area (Å²) in [4.78, 5) is 16.6. The van der Waals surface area contributed by atoms with Gasteiger partial charge in [-0.1, -0.05) is 20.8 Å². The molecule has 0 bridgehead atoms. The minimum absolute atomic E-state index is 0. The second-order valence-electron chi connectivity index (χ2n) is 6.87. The molecule has 126 valence electrons. The normalized spacial score (nSPS) is 18.2. The van der Waals surface area contributed by atoms with Crippen LogP contribution in [0.25, 0.3) is 0 Å². The Bertz CT molecular complexity index is 302. The highest BCUT2D eigenvalue weighted by molar-refractivity contribution is 7.98. The summed E-state index contributed by atoms with van der Waals surface area (Å²) < 4.78 is 0. The van der Waals surface area contributed by atoms with Crippen molar-refractivity contribution in [1.29, 1.82) is 0 Å². The number of nitrogens with zero attached hydrogens (tertiary/aromatic N) is 2. The average Bonchev–Trinajstić information content (AvgIpc) is 2.41. The van der Waals surface area contributed by atoms with Gasteiger partial charge in [-0.05, 0) is 36.8 Å². The molecule has 1 fully saturated rings. The maximum Gasteiger partial charge on any atom is 0.239 e. The van der Waals surface area contributed by atoms with E-state index in [1.807, 2.05) is 11.2 Å². The van der Waals surface area contributed by atoms with Crippen LogP contribution >= 0.6 is 24.2 Å². The number of halogens is 1. The highest BCUT2D eigenvalue weighted by Crippen LogP contribution is 2.19. The summed E-state index contributed by atoms with van der Waals surface area (Å²) in [6.07, 6.45) is 4.03. The fourth-order valence-corrected chi connectivity index (χ4v) is 2.78. The van der Waals surface area contributed by atoms with Crippen LogP contribution in [-0.4, -0.2) is 66.5 Å². The first-order valence-corrected chi connectivity index (χ1v) is 8.98. The molecule has 0 aromatic heterocycles. The van der Waals surface area contributed by atoms with Gasteiger partial charge in [0.25, 0.3) is 0 Å². The van der Waals surface area contributed by atoms with Crippen molar-refractivity contribution in [2.75, 3.05) is 44.7 Å². The molecule has 0 aromatic rings. The molecule has 1 aliphatic heterocycles. The third-order valence-electron chi connectivity index (χ3n) is 3.81. The van der Waals surface area contributed by atoms with Gasteiger partial charge in [0.2, 0.25) is 5.91 Å². The van der Waals surface area contributed by atoms with E-state index >= 15 is 0 Å². The molecule has 1 saturated heterocycles. The summed E-state index contributed by atoms with van der Waals surface area (Å²) in [6.45, 7) is 11.6. The van der Waals surface area contributed by atoms with Crippen LogP contribution < -0.4 is 5.73 Å². The molecule has 1 rings (SSSR count). The van der Waals surface area contributed by atoms with Gasteiger partial charge in [-0.25, -0.2) is 0 Å². The van der Waals surface area contributed by atoms with E-state index in [0.29, 0.717) is 5.41 Å². The Balaban J connectivity index is 0.00000400. The van der Waals surface area contributed by atoms with Crippen LogP contribution in [0.3, 0.4) is 0 Å². The van der Waals surface area contributed by atoms with Gasteiger partial charge in [-0.3, -0.25) is 9.69 Å². The standard InChI is InChI=1S/C15H31N3OS.ClH/c1-15(2,3)6-7-17-8-10-18(11-9-17)14(19)13(16)5-12-20-4;/h13H,5-12,16H2,1-4H3;1H. The van der Waals surface area contributed by atoms with Crippen LogP contribution in [0.1, 0.15) is 33.6 Å². The molecule has 1 atom stereocenters. The fraction of sp³-hybridized carbons (Fsp3) is 0.933. The van der Waals surface area contributed by atoms with Crippen molar-refractivity contribution in [3.8, 4) is 0 Å². The summed E-state index contributed by atoms with van der Waals surface area (Å²) in [7, 11) is 0. The molecule has 6 heteroatoms. The van der Waals surface area contributed by atoms with Crippen molar-refractivity contribution in [2.45, 2.75) is 39.7 Å². The largest absolute Gasteiger partial charge is 0.339 e. The van der Waals surface area contributed by atoms with Crippen molar-refractivity contribution in [3.63, 3.8) is 0 Å². The summed E-state index contributed by atoms with van der Waals surface area (Å²) in [5.41, 5.74) is 6.35. The summed E-state index contributed by atoms with van der Waals surface area (Å²) in [5, 5.41) is 0. The topological polar surface area (TPSA) is 49.6 Å². The van der Waals surface area contributed by atoms with Crippen molar-refractivity contribution in [2.24, 2.45) is 11.1 Å². The predicted octanol–water partition coefficient (Wildman–Crippen LogP) is 2.07. The lowest BCUT2D eigenvalue weighted by atomic mass is 9.92. The van der Waals surface area contributed by atoms with Gasteiger partial charge in [0.05, 0.1) is 6.04 Å². The summed E-state index contributed by atoms with van der Waals surface area (Å²) in [5.74, 6) is 1.09. The van der Waals surface area contributed by atoms with E-state index in [1.54, 1.807) is 11.8 Å². The molecule has 1 amide bonds. The smallest absolute Gasteiger partial charge is 0.239 e.